The Morgan fingerprint density at radius 3 is 1.68 bits per heavy atom. The zero-order valence-electron chi connectivity index (χ0n) is 26.7. The molecule has 2 heterocycles. The second-order valence-corrected chi connectivity index (χ2v) is 12.3. The van der Waals surface area contributed by atoms with E-state index >= 15 is 0 Å². The number of nitrogens with zero attached hydrogens (tertiary/aromatic N) is 5. The zero-order valence-corrected chi connectivity index (χ0v) is 26.7. The predicted molar refractivity (Wildman–Crippen MR) is 200 cm³/mol. The van der Waals surface area contributed by atoms with Crippen molar-refractivity contribution in [2.75, 3.05) is 0 Å². The van der Waals surface area contributed by atoms with Gasteiger partial charge in [-0.05, 0) is 83.9 Å². The van der Waals surface area contributed by atoms with E-state index in [0.29, 0.717) is 16.7 Å². The molecule has 7 aromatic carbocycles. The van der Waals surface area contributed by atoms with Gasteiger partial charge in [0.25, 0.3) is 0 Å². The van der Waals surface area contributed by atoms with Gasteiger partial charge in [0.2, 0.25) is 0 Å². The molecule has 0 spiro atoms. The van der Waals surface area contributed by atoms with Gasteiger partial charge in [-0.15, -0.1) is 0 Å². The van der Waals surface area contributed by atoms with Gasteiger partial charge in [0.1, 0.15) is 0 Å². The van der Waals surface area contributed by atoms with Gasteiger partial charge in [-0.3, -0.25) is 0 Å². The van der Waals surface area contributed by atoms with Crippen LogP contribution in [0.5, 0.6) is 0 Å². The highest BCUT2D eigenvalue weighted by Gasteiger charge is 2.19. The number of benzene rings is 7. The molecule has 0 bridgehead atoms. The lowest BCUT2D eigenvalue weighted by atomic mass is 9.93. The molecule has 0 aliphatic rings. The average molecular weight is 636 g/mol. The molecule has 5 nitrogen and oxygen atoms in total. The predicted octanol–water partition coefficient (Wildman–Crippen LogP) is 10.8. The summed E-state index contributed by atoms with van der Waals surface area (Å²) >= 11 is 0. The third-order valence-corrected chi connectivity index (χ3v) is 9.63. The summed E-state index contributed by atoms with van der Waals surface area (Å²) in [7, 11) is 0. The topological polar surface area (TPSA) is 81.2 Å². The molecule has 230 valence electrons. The van der Waals surface area contributed by atoms with E-state index in [4.69, 9.17) is 0 Å². The van der Waals surface area contributed by atoms with Gasteiger partial charge in [-0.2, -0.15) is 15.8 Å². The Morgan fingerprint density at radius 1 is 0.400 bits per heavy atom. The van der Waals surface area contributed by atoms with E-state index in [-0.39, 0.29) is 0 Å². The Balaban J connectivity index is 1.26. The molecule has 2 aromatic heterocycles. The van der Waals surface area contributed by atoms with Crippen molar-refractivity contribution >= 4 is 43.6 Å². The summed E-state index contributed by atoms with van der Waals surface area (Å²) in [5.41, 5.74) is 11.0. The average Bonchev–Trinajstić information content (AvgIpc) is 3.70. The molecule has 0 amide bonds. The Kier molecular flexibility index (Phi) is 6.56. The van der Waals surface area contributed by atoms with E-state index in [1.54, 1.807) is 0 Å². The van der Waals surface area contributed by atoms with Gasteiger partial charge in [-0.25, -0.2) is 0 Å². The first-order valence-electron chi connectivity index (χ1n) is 16.3. The number of rotatable bonds is 4. The van der Waals surface area contributed by atoms with Gasteiger partial charge in [0.05, 0.1) is 62.7 Å². The molecular formula is C45H25N5. The largest absolute Gasteiger partial charge is 0.309 e. The van der Waals surface area contributed by atoms with Gasteiger partial charge in [0, 0.05) is 38.4 Å². The number of nitriles is 3. The second kappa shape index (κ2) is 11.4. The summed E-state index contributed by atoms with van der Waals surface area (Å²) in [4.78, 5) is 0. The highest BCUT2D eigenvalue weighted by atomic mass is 15.0. The molecule has 0 radical (unpaired) electrons. The first kappa shape index (κ1) is 28.8. The van der Waals surface area contributed by atoms with Crippen LogP contribution in [-0.2, 0) is 0 Å². The molecule has 9 rings (SSSR count). The van der Waals surface area contributed by atoms with Gasteiger partial charge < -0.3 is 9.13 Å². The fraction of sp³-hybridized carbons (Fsp3) is 0. The third kappa shape index (κ3) is 4.31. The molecule has 0 aliphatic heterocycles. The number of aromatic nitrogens is 2. The molecule has 5 heteroatoms. The van der Waals surface area contributed by atoms with E-state index < -0.39 is 0 Å². The molecule has 0 aliphatic carbocycles. The first-order valence-corrected chi connectivity index (χ1v) is 16.3. The van der Waals surface area contributed by atoms with Crippen molar-refractivity contribution in [2.45, 2.75) is 0 Å². The van der Waals surface area contributed by atoms with Crippen molar-refractivity contribution in [3.63, 3.8) is 0 Å². The number of fused-ring (bicyclic) bond motifs is 6. The highest BCUT2D eigenvalue weighted by molar-refractivity contribution is 6.11. The van der Waals surface area contributed by atoms with E-state index in [1.165, 1.54) is 0 Å². The fourth-order valence-electron chi connectivity index (χ4n) is 7.48. The summed E-state index contributed by atoms with van der Waals surface area (Å²) in [6.45, 7) is 0. The van der Waals surface area contributed by atoms with E-state index in [1.807, 2.05) is 84.9 Å². The van der Waals surface area contributed by atoms with Crippen LogP contribution in [0, 0.1) is 34.0 Å². The van der Waals surface area contributed by atoms with Crippen molar-refractivity contribution in [1.29, 1.82) is 15.8 Å². The summed E-state index contributed by atoms with van der Waals surface area (Å²) in [6, 6.07) is 57.7. The van der Waals surface area contributed by atoms with Crippen LogP contribution < -0.4 is 0 Å². The molecule has 0 saturated heterocycles. The lowest BCUT2D eigenvalue weighted by Crippen LogP contribution is -2.00. The quantitative estimate of drug-likeness (QED) is 0.193. The zero-order chi connectivity index (χ0) is 33.8. The number of para-hydroxylation sites is 3. The van der Waals surface area contributed by atoms with Crippen LogP contribution in [0.2, 0.25) is 0 Å². The number of hydrogen-bond acceptors (Lipinski definition) is 3. The van der Waals surface area contributed by atoms with Crippen molar-refractivity contribution < 1.29 is 0 Å². The van der Waals surface area contributed by atoms with E-state index in [0.717, 1.165) is 77.2 Å². The van der Waals surface area contributed by atoms with E-state index in [2.05, 4.69) is 94.1 Å². The van der Waals surface area contributed by atoms with Crippen LogP contribution in [0.15, 0.2) is 152 Å². The lowest BCUT2D eigenvalue weighted by Gasteiger charge is -2.17. The molecule has 50 heavy (non-hydrogen) atoms. The Morgan fingerprint density at radius 2 is 1.00 bits per heavy atom. The highest BCUT2D eigenvalue weighted by Crippen LogP contribution is 2.40. The summed E-state index contributed by atoms with van der Waals surface area (Å²) in [6.07, 6.45) is 0. The molecule has 0 N–H and O–H groups in total. The lowest BCUT2D eigenvalue weighted by molar-refractivity contribution is 1.18. The van der Waals surface area contributed by atoms with Crippen LogP contribution in [0.4, 0.5) is 0 Å². The molecular weight excluding hydrogens is 611 g/mol. The monoisotopic (exact) mass is 635 g/mol. The van der Waals surface area contributed by atoms with Crippen LogP contribution in [0.3, 0.4) is 0 Å². The Bertz CT molecular complexity index is 2920. The summed E-state index contributed by atoms with van der Waals surface area (Å²) in [5, 5.41) is 34.7. The van der Waals surface area contributed by atoms with Crippen molar-refractivity contribution in [2.24, 2.45) is 0 Å². The molecule has 0 fully saturated rings. The first-order chi connectivity index (χ1) is 24.7. The standard InChI is InChI=1S/C45H25N5/c46-26-29-19-22-43-39(23-29)37-14-3-4-15-40(37)49(43)34-21-20-32(27-47)38(25-34)30-9-7-10-31(24-30)45-33(28-48)11-8-18-44(45)50-41-16-5-1-12-35(41)36-13-2-6-17-42(36)50/h1-25H. The minimum atomic E-state index is 0.551. The Hall–Kier alpha value is -7.39. The van der Waals surface area contributed by atoms with Crippen LogP contribution in [0.25, 0.3) is 77.2 Å². The van der Waals surface area contributed by atoms with Crippen LogP contribution in [0.1, 0.15) is 16.7 Å². The van der Waals surface area contributed by atoms with Crippen LogP contribution in [-0.4, -0.2) is 9.13 Å². The summed E-state index contributed by atoms with van der Waals surface area (Å²) < 4.78 is 4.43. The fourth-order valence-corrected chi connectivity index (χ4v) is 7.48. The third-order valence-electron chi connectivity index (χ3n) is 9.63. The minimum absolute atomic E-state index is 0.551. The molecule has 9 aromatic rings. The van der Waals surface area contributed by atoms with Crippen LogP contribution >= 0.6 is 0 Å². The maximum Gasteiger partial charge on any atom is 0.0998 e. The smallest absolute Gasteiger partial charge is 0.0998 e. The minimum Gasteiger partial charge on any atom is -0.309 e. The molecule has 0 saturated carbocycles. The van der Waals surface area contributed by atoms with Crippen molar-refractivity contribution in [3.8, 4) is 51.8 Å². The normalized spacial score (nSPS) is 11.1. The maximum atomic E-state index is 10.4. The maximum absolute atomic E-state index is 10.4. The van der Waals surface area contributed by atoms with Gasteiger partial charge >= 0.3 is 0 Å². The summed E-state index contributed by atoms with van der Waals surface area (Å²) in [5.74, 6) is 0. The SMILES string of the molecule is N#Cc1ccc2c(c1)c1ccccc1n2-c1ccc(C#N)c(-c2cccc(-c3c(C#N)cccc3-n3c4ccccc4c4ccccc43)c2)c1. The molecule has 0 unspecified atom stereocenters. The van der Waals surface area contributed by atoms with Gasteiger partial charge in [0.15, 0.2) is 0 Å². The number of hydrogen-bond donors (Lipinski definition) is 0. The second-order valence-electron chi connectivity index (χ2n) is 12.3. The van der Waals surface area contributed by atoms with Crippen molar-refractivity contribution in [1.82, 2.24) is 9.13 Å². The van der Waals surface area contributed by atoms with Gasteiger partial charge in [-0.1, -0.05) is 78.9 Å². The Labute approximate surface area is 287 Å². The van der Waals surface area contributed by atoms with Crippen molar-refractivity contribution in [3.05, 3.63) is 168 Å². The van der Waals surface area contributed by atoms with E-state index in [9.17, 15) is 15.8 Å². The molecule has 0 atom stereocenters.